The summed E-state index contributed by atoms with van der Waals surface area (Å²) in [5.41, 5.74) is -0.946. The summed E-state index contributed by atoms with van der Waals surface area (Å²) >= 11 is 0. The molecule has 0 aliphatic carbocycles. The minimum Gasteiger partial charge on any atom is -0.480 e. The van der Waals surface area contributed by atoms with Crippen molar-refractivity contribution >= 4 is 12.0 Å². The van der Waals surface area contributed by atoms with Crippen LogP contribution in [0.25, 0.3) is 0 Å². The van der Waals surface area contributed by atoms with Crippen LogP contribution in [0.1, 0.15) is 27.7 Å². The average Bonchev–Trinajstić information content (AvgIpc) is 2.23. The fraction of sp³-hybridized carbons (Fsp3) is 0.846. The highest BCUT2D eigenvalue weighted by molar-refractivity contribution is 5.82. The Balaban J connectivity index is 2.73. The fourth-order valence-corrected chi connectivity index (χ4v) is 2.51. The van der Waals surface area contributed by atoms with E-state index >= 15 is 0 Å². The van der Waals surface area contributed by atoms with Crippen molar-refractivity contribution < 1.29 is 24.2 Å². The van der Waals surface area contributed by atoms with Crippen LogP contribution in [0.4, 0.5) is 4.79 Å². The number of nitrogens with one attached hydrogen (secondary N) is 1. The Bertz CT molecular complexity index is 365. The number of urea groups is 1. The Morgan fingerprint density at radius 2 is 1.80 bits per heavy atom. The first kappa shape index (κ1) is 16.7. The van der Waals surface area contributed by atoms with Crippen LogP contribution < -0.4 is 5.32 Å². The average molecular weight is 288 g/mol. The number of methoxy groups -OCH3 is 1. The zero-order valence-electron chi connectivity index (χ0n) is 12.7. The van der Waals surface area contributed by atoms with Gasteiger partial charge in [-0.15, -0.1) is 0 Å². The summed E-state index contributed by atoms with van der Waals surface area (Å²) < 4.78 is 10.7. The molecule has 1 atom stereocenters. The van der Waals surface area contributed by atoms with Gasteiger partial charge in [0.25, 0.3) is 0 Å². The predicted molar refractivity (Wildman–Crippen MR) is 72.6 cm³/mol. The second-order valence-corrected chi connectivity index (χ2v) is 6.27. The summed E-state index contributed by atoms with van der Waals surface area (Å²) in [6.45, 7) is 8.34. The van der Waals surface area contributed by atoms with Crippen LogP contribution in [0.2, 0.25) is 0 Å². The quantitative estimate of drug-likeness (QED) is 0.794. The van der Waals surface area contributed by atoms with Crippen molar-refractivity contribution in [2.45, 2.75) is 44.9 Å². The number of hydrogen-bond acceptors (Lipinski definition) is 4. The number of carboxylic acid groups (broad SMARTS) is 1. The Labute approximate surface area is 119 Å². The van der Waals surface area contributed by atoms with Crippen LogP contribution in [-0.4, -0.2) is 66.1 Å². The minimum absolute atomic E-state index is 0.0712. The van der Waals surface area contributed by atoms with E-state index in [1.807, 2.05) is 27.7 Å². The fourth-order valence-electron chi connectivity index (χ4n) is 2.51. The number of morpholine rings is 1. The minimum atomic E-state index is -1.12. The molecule has 116 valence electrons. The van der Waals surface area contributed by atoms with Crippen molar-refractivity contribution in [3.63, 3.8) is 0 Å². The number of carboxylic acids is 1. The van der Waals surface area contributed by atoms with Crippen LogP contribution in [-0.2, 0) is 14.3 Å². The van der Waals surface area contributed by atoms with Gasteiger partial charge in [0, 0.05) is 7.11 Å². The number of carbonyl (C=O) groups is 2. The number of aliphatic carboxylic acids is 1. The largest absolute Gasteiger partial charge is 0.480 e. The van der Waals surface area contributed by atoms with Crippen molar-refractivity contribution in [2.24, 2.45) is 0 Å². The highest BCUT2D eigenvalue weighted by atomic mass is 16.5. The van der Waals surface area contributed by atoms with Gasteiger partial charge in [-0.2, -0.15) is 0 Å². The molecule has 2 amide bonds. The molecule has 1 rings (SSSR count). The molecule has 7 heteroatoms. The second-order valence-electron chi connectivity index (χ2n) is 6.27. The van der Waals surface area contributed by atoms with E-state index in [-0.39, 0.29) is 6.61 Å². The third-order valence-electron chi connectivity index (χ3n) is 2.91. The monoisotopic (exact) mass is 288 g/mol. The summed E-state index contributed by atoms with van der Waals surface area (Å²) in [6, 6.07) is -1.47. The summed E-state index contributed by atoms with van der Waals surface area (Å²) in [7, 11) is 1.39. The first-order chi connectivity index (χ1) is 9.06. The maximum atomic E-state index is 12.2. The van der Waals surface area contributed by atoms with E-state index in [9.17, 15) is 9.59 Å². The zero-order chi connectivity index (χ0) is 15.6. The maximum Gasteiger partial charge on any atom is 0.328 e. The van der Waals surface area contributed by atoms with Gasteiger partial charge in [0.15, 0.2) is 6.04 Å². The molecule has 1 saturated heterocycles. The smallest absolute Gasteiger partial charge is 0.328 e. The molecular formula is C13H24N2O5. The van der Waals surface area contributed by atoms with Gasteiger partial charge in [0.05, 0.1) is 30.9 Å². The van der Waals surface area contributed by atoms with Gasteiger partial charge in [-0.3, -0.25) is 0 Å². The number of amides is 2. The summed E-state index contributed by atoms with van der Waals surface area (Å²) in [5.74, 6) is -1.12. The van der Waals surface area contributed by atoms with E-state index in [0.29, 0.717) is 13.1 Å². The van der Waals surface area contributed by atoms with E-state index in [0.717, 1.165) is 0 Å². The molecule has 1 heterocycles. The van der Waals surface area contributed by atoms with Gasteiger partial charge in [-0.25, -0.2) is 9.59 Å². The lowest BCUT2D eigenvalue weighted by Gasteiger charge is -2.47. The molecule has 0 aromatic rings. The molecule has 0 bridgehead atoms. The van der Waals surface area contributed by atoms with Crippen molar-refractivity contribution in [2.75, 3.05) is 26.8 Å². The van der Waals surface area contributed by atoms with Crippen molar-refractivity contribution in [1.29, 1.82) is 0 Å². The van der Waals surface area contributed by atoms with Crippen LogP contribution >= 0.6 is 0 Å². The van der Waals surface area contributed by atoms with E-state index in [1.54, 1.807) is 4.90 Å². The molecule has 1 aliphatic heterocycles. The molecule has 1 aliphatic rings. The first-order valence-electron chi connectivity index (χ1n) is 6.54. The van der Waals surface area contributed by atoms with E-state index < -0.39 is 29.2 Å². The lowest BCUT2D eigenvalue weighted by atomic mass is 9.99. The molecule has 0 aromatic heterocycles. The predicted octanol–water partition coefficient (Wildman–Crippen LogP) is 0.685. The number of nitrogens with zero attached hydrogens (tertiary/aromatic N) is 1. The molecule has 1 unspecified atom stereocenters. The van der Waals surface area contributed by atoms with Gasteiger partial charge in [-0.1, -0.05) is 0 Å². The molecule has 0 saturated carbocycles. The number of rotatable bonds is 4. The Kier molecular flexibility index (Phi) is 4.99. The molecule has 0 aromatic carbocycles. The van der Waals surface area contributed by atoms with E-state index in [1.165, 1.54) is 7.11 Å². The molecule has 20 heavy (non-hydrogen) atoms. The molecule has 7 nitrogen and oxygen atoms in total. The van der Waals surface area contributed by atoms with Gasteiger partial charge in [0.1, 0.15) is 0 Å². The highest BCUT2D eigenvalue weighted by Crippen LogP contribution is 2.27. The standard InChI is InChI=1S/C13H24N2O5/c1-12(2)7-15(8-13(3,4)20-12)11(18)14-9(6-19-5)10(16)17/h9H,6-8H2,1-5H3,(H,14,18)(H,16,17). The third kappa shape index (κ3) is 4.64. The number of carbonyl (C=O) groups excluding carboxylic acids is 1. The van der Waals surface area contributed by atoms with Crippen molar-refractivity contribution in [3.05, 3.63) is 0 Å². The topological polar surface area (TPSA) is 88.1 Å². The van der Waals surface area contributed by atoms with Crippen LogP contribution in [0.3, 0.4) is 0 Å². The number of hydrogen-bond donors (Lipinski definition) is 2. The normalized spacial score (nSPS) is 22.1. The lowest BCUT2D eigenvalue weighted by molar-refractivity contribution is -0.170. The van der Waals surface area contributed by atoms with Crippen molar-refractivity contribution in [3.8, 4) is 0 Å². The van der Waals surface area contributed by atoms with Gasteiger partial charge < -0.3 is 24.8 Å². The van der Waals surface area contributed by atoms with Crippen LogP contribution in [0.15, 0.2) is 0 Å². The molecule has 2 N–H and O–H groups in total. The molecular weight excluding hydrogens is 264 g/mol. The van der Waals surface area contributed by atoms with Gasteiger partial charge in [-0.05, 0) is 27.7 Å². The van der Waals surface area contributed by atoms with E-state index in [2.05, 4.69) is 5.32 Å². The highest BCUT2D eigenvalue weighted by Gasteiger charge is 2.40. The van der Waals surface area contributed by atoms with Crippen molar-refractivity contribution in [1.82, 2.24) is 10.2 Å². The Hall–Kier alpha value is -1.34. The summed E-state index contributed by atoms with van der Waals surface area (Å²) in [4.78, 5) is 24.8. The Morgan fingerprint density at radius 3 is 2.20 bits per heavy atom. The maximum absolute atomic E-state index is 12.2. The molecule has 0 radical (unpaired) electrons. The van der Waals surface area contributed by atoms with Crippen LogP contribution in [0, 0.1) is 0 Å². The zero-order valence-corrected chi connectivity index (χ0v) is 12.7. The summed E-state index contributed by atoms with van der Waals surface area (Å²) in [5, 5.41) is 11.5. The second kappa shape index (κ2) is 5.97. The van der Waals surface area contributed by atoms with Gasteiger partial charge >= 0.3 is 12.0 Å². The molecule has 1 fully saturated rings. The van der Waals surface area contributed by atoms with Crippen LogP contribution in [0.5, 0.6) is 0 Å². The lowest BCUT2D eigenvalue weighted by Crippen LogP contribution is -2.62. The summed E-state index contributed by atoms with van der Waals surface area (Å²) in [6.07, 6.45) is 0. The third-order valence-corrected chi connectivity index (χ3v) is 2.91. The Morgan fingerprint density at radius 1 is 1.30 bits per heavy atom. The first-order valence-corrected chi connectivity index (χ1v) is 6.54. The number of ether oxygens (including phenoxy) is 2. The SMILES string of the molecule is COCC(NC(=O)N1CC(C)(C)OC(C)(C)C1)C(=O)O. The van der Waals surface area contributed by atoms with E-state index in [4.69, 9.17) is 14.6 Å². The molecule has 0 spiro atoms. The van der Waals surface area contributed by atoms with Gasteiger partial charge in [0.2, 0.25) is 0 Å².